The Labute approximate surface area is 109 Å². The van der Waals surface area contributed by atoms with Gasteiger partial charge in [0.05, 0.1) is 13.3 Å². The third-order valence-corrected chi connectivity index (χ3v) is 3.14. The molecule has 1 aliphatic carbocycles. The Morgan fingerprint density at radius 2 is 1.89 bits per heavy atom. The third kappa shape index (κ3) is 5.05. The van der Waals surface area contributed by atoms with Crippen molar-refractivity contribution in [3.05, 3.63) is 29.8 Å². The van der Waals surface area contributed by atoms with E-state index < -0.39 is 0 Å². The number of unbranched alkanes of at least 4 members (excludes halogenated alkanes) is 2. The molecule has 0 heterocycles. The van der Waals surface area contributed by atoms with Crippen LogP contribution in [0.2, 0.25) is 0 Å². The largest absolute Gasteiger partial charge is 0.494 e. The first-order valence-corrected chi connectivity index (χ1v) is 6.89. The predicted molar refractivity (Wildman–Crippen MR) is 71.6 cm³/mol. The molecule has 0 aromatic heterocycles. The van der Waals surface area contributed by atoms with E-state index in [1.165, 1.54) is 18.4 Å². The first-order chi connectivity index (χ1) is 8.88. The van der Waals surface area contributed by atoms with E-state index in [1.54, 1.807) is 0 Å². The molecule has 0 bridgehead atoms. The van der Waals surface area contributed by atoms with Gasteiger partial charge in [0.2, 0.25) is 0 Å². The molecule has 1 aromatic carbocycles. The molecule has 100 valence electrons. The molecular formula is C15H22FNO. The van der Waals surface area contributed by atoms with Crippen molar-refractivity contribution in [2.24, 2.45) is 0 Å². The highest BCUT2D eigenvalue weighted by molar-refractivity contribution is 5.27. The van der Waals surface area contributed by atoms with Crippen LogP contribution in [0.3, 0.4) is 0 Å². The van der Waals surface area contributed by atoms with Gasteiger partial charge in [0.1, 0.15) is 5.75 Å². The zero-order chi connectivity index (χ0) is 12.6. The lowest BCUT2D eigenvalue weighted by Gasteiger charge is -2.07. The first kappa shape index (κ1) is 13.3. The normalized spacial score (nSPS) is 14.7. The summed E-state index contributed by atoms with van der Waals surface area (Å²) in [6, 6.07) is 8.98. The van der Waals surface area contributed by atoms with Crippen LogP contribution < -0.4 is 10.1 Å². The molecule has 0 unspecified atom stereocenters. The summed E-state index contributed by atoms with van der Waals surface area (Å²) < 4.78 is 17.5. The maximum Gasteiger partial charge on any atom is 0.119 e. The second-order valence-corrected chi connectivity index (χ2v) is 4.90. The molecule has 0 spiro atoms. The Morgan fingerprint density at radius 1 is 1.11 bits per heavy atom. The smallest absolute Gasteiger partial charge is 0.119 e. The van der Waals surface area contributed by atoms with Crippen LogP contribution >= 0.6 is 0 Å². The second kappa shape index (κ2) is 7.37. The van der Waals surface area contributed by atoms with Crippen LogP contribution in [-0.2, 0) is 6.54 Å². The van der Waals surface area contributed by atoms with Crippen LogP contribution in [0, 0.1) is 0 Å². The van der Waals surface area contributed by atoms with Gasteiger partial charge in [0, 0.05) is 12.6 Å². The standard InChI is InChI=1S/C15H22FNO/c16-10-2-1-3-11-18-15-8-4-13(5-9-15)12-17-14-6-7-14/h4-5,8-9,14,17H,1-3,6-7,10-12H2. The van der Waals surface area contributed by atoms with Crippen molar-refractivity contribution >= 4 is 0 Å². The van der Waals surface area contributed by atoms with E-state index in [1.807, 2.05) is 12.1 Å². The summed E-state index contributed by atoms with van der Waals surface area (Å²) in [5, 5.41) is 3.48. The minimum Gasteiger partial charge on any atom is -0.494 e. The van der Waals surface area contributed by atoms with Gasteiger partial charge in [0.25, 0.3) is 0 Å². The fourth-order valence-electron chi connectivity index (χ4n) is 1.82. The Bertz CT molecular complexity index is 335. The van der Waals surface area contributed by atoms with Crippen molar-refractivity contribution in [3.8, 4) is 5.75 Å². The van der Waals surface area contributed by atoms with Gasteiger partial charge < -0.3 is 10.1 Å². The second-order valence-electron chi connectivity index (χ2n) is 4.90. The molecule has 3 heteroatoms. The fraction of sp³-hybridized carbons (Fsp3) is 0.600. The lowest BCUT2D eigenvalue weighted by molar-refractivity contribution is 0.301. The number of rotatable bonds is 9. The van der Waals surface area contributed by atoms with Gasteiger partial charge in [-0.15, -0.1) is 0 Å². The maximum atomic E-state index is 11.9. The van der Waals surface area contributed by atoms with Gasteiger partial charge >= 0.3 is 0 Å². The number of nitrogens with one attached hydrogen (secondary N) is 1. The van der Waals surface area contributed by atoms with E-state index in [4.69, 9.17) is 4.74 Å². The van der Waals surface area contributed by atoms with Crippen LogP contribution in [0.1, 0.15) is 37.7 Å². The van der Waals surface area contributed by atoms with E-state index in [0.717, 1.165) is 31.2 Å². The van der Waals surface area contributed by atoms with Crippen molar-refractivity contribution in [1.29, 1.82) is 0 Å². The molecule has 1 aromatic rings. The van der Waals surface area contributed by atoms with E-state index in [-0.39, 0.29) is 6.67 Å². The van der Waals surface area contributed by atoms with Gasteiger partial charge in [-0.25, -0.2) is 0 Å². The molecule has 0 amide bonds. The molecule has 0 saturated heterocycles. The van der Waals surface area contributed by atoms with Crippen LogP contribution in [0.15, 0.2) is 24.3 Å². The minimum atomic E-state index is -0.220. The number of halogens is 1. The van der Waals surface area contributed by atoms with Crippen molar-refractivity contribution in [2.45, 2.75) is 44.7 Å². The van der Waals surface area contributed by atoms with E-state index in [9.17, 15) is 4.39 Å². The molecule has 1 N–H and O–H groups in total. The number of hydrogen-bond donors (Lipinski definition) is 1. The molecule has 18 heavy (non-hydrogen) atoms. The summed E-state index contributed by atoms with van der Waals surface area (Å²) in [5.41, 5.74) is 1.30. The molecule has 2 nitrogen and oxygen atoms in total. The molecule has 0 aliphatic heterocycles. The molecule has 1 saturated carbocycles. The fourth-order valence-corrected chi connectivity index (χ4v) is 1.82. The Balaban J connectivity index is 1.63. The van der Waals surface area contributed by atoms with Crippen LogP contribution in [-0.4, -0.2) is 19.3 Å². The lowest BCUT2D eigenvalue weighted by Crippen LogP contribution is -2.15. The minimum absolute atomic E-state index is 0.220. The van der Waals surface area contributed by atoms with Gasteiger partial charge in [-0.2, -0.15) is 0 Å². The van der Waals surface area contributed by atoms with Crippen molar-refractivity contribution < 1.29 is 9.13 Å². The Kier molecular flexibility index (Phi) is 5.46. The van der Waals surface area contributed by atoms with Gasteiger partial charge in [-0.3, -0.25) is 4.39 Å². The first-order valence-electron chi connectivity index (χ1n) is 6.89. The summed E-state index contributed by atoms with van der Waals surface area (Å²) in [5.74, 6) is 0.908. The highest BCUT2D eigenvalue weighted by Crippen LogP contribution is 2.20. The topological polar surface area (TPSA) is 21.3 Å². The van der Waals surface area contributed by atoms with E-state index in [2.05, 4.69) is 17.4 Å². The van der Waals surface area contributed by atoms with Crippen molar-refractivity contribution in [3.63, 3.8) is 0 Å². The molecule has 0 atom stereocenters. The molecule has 1 aliphatic rings. The van der Waals surface area contributed by atoms with Crippen molar-refractivity contribution in [1.82, 2.24) is 5.32 Å². The zero-order valence-electron chi connectivity index (χ0n) is 10.8. The van der Waals surface area contributed by atoms with Crippen LogP contribution in [0.25, 0.3) is 0 Å². The Morgan fingerprint density at radius 3 is 2.56 bits per heavy atom. The summed E-state index contributed by atoms with van der Waals surface area (Å²) in [6.07, 6.45) is 5.12. The highest BCUT2D eigenvalue weighted by Gasteiger charge is 2.19. The van der Waals surface area contributed by atoms with Gasteiger partial charge in [-0.05, 0) is 49.8 Å². The van der Waals surface area contributed by atoms with Gasteiger partial charge in [-0.1, -0.05) is 12.1 Å². The molecule has 0 radical (unpaired) electrons. The molecule has 1 fully saturated rings. The number of alkyl halides is 1. The van der Waals surface area contributed by atoms with E-state index in [0.29, 0.717) is 13.0 Å². The van der Waals surface area contributed by atoms with E-state index >= 15 is 0 Å². The molecule has 2 rings (SSSR count). The van der Waals surface area contributed by atoms with Crippen LogP contribution in [0.5, 0.6) is 5.75 Å². The SMILES string of the molecule is FCCCCCOc1ccc(CNC2CC2)cc1. The quantitative estimate of drug-likeness (QED) is 0.679. The highest BCUT2D eigenvalue weighted by atomic mass is 19.1. The number of hydrogen-bond acceptors (Lipinski definition) is 2. The third-order valence-electron chi connectivity index (χ3n) is 3.14. The van der Waals surface area contributed by atoms with Crippen molar-refractivity contribution in [2.75, 3.05) is 13.3 Å². The number of ether oxygens (including phenoxy) is 1. The zero-order valence-corrected chi connectivity index (χ0v) is 10.8. The number of benzene rings is 1. The summed E-state index contributed by atoms with van der Waals surface area (Å²) >= 11 is 0. The molecular weight excluding hydrogens is 229 g/mol. The average Bonchev–Trinajstić information content (AvgIpc) is 3.22. The Hall–Kier alpha value is -1.09. The maximum absolute atomic E-state index is 11.9. The summed E-state index contributed by atoms with van der Waals surface area (Å²) in [6.45, 7) is 1.41. The lowest BCUT2D eigenvalue weighted by atomic mass is 10.2. The predicted octanol–water partition coefficient (Wildman–Crippen LogP) is 3.46. The van der Waals surface area contributed by atoms with Crippen LogP contribution in [0.4, 0.5) is 4.39 Å². The monoisotopic (exact) mass is 251 g/mol. The summed E-state index contributed by atoms with van der Waals surface area (Å²) in [7, 11) is 0. The van der Waals surface area contributed by atoms with Gasteiger partial charge in [0.15, 0.2) is 0 Å². The average molecular weight is 251 g/mol. The summed E-state index contributed by atoms with van der Waals surface area (Å²) in [4.78, 5) is 0.